The summed E-state index contributed by atoms with van der Waals surface area (Å²) >= 11 is 8.13. The van der Waals surface area contributed by atoms with E-state index in [4.69, 9.17) is 11.6 Å². The molecule has 0 aliphatic carbocycles. The molecule has 1 unspecified atom stereocenters. The molecular formula is C14H14ClNS. The van der Waals surface area contributed by atoms with E-state index in [2.05, 4.69) is 35.5 Å². The lowest BCUT2D eigenvalue weighted by Gasteiger charge is -2.09. The summed E-state index contributed by atoms with van der Waals surface area (Å²) in [6.07, 6.45) is 4.64. The number of benzene rings is 1. The fraction of sp³-hybridized carbons (Fsp3) is 0.214. The first kappa shape index (κ1) is 12.5. The summed E-state index contributed by atoms with van der Waals surface area (Å²) in [6, 6.07) is 14.3. The van der Waals surface area contributed by atoms with Crippen molar-refractivity contribution in [2.45, 2.75) is 16.7 Å². The summed E-state index contributed by atoms with van der Waals surface area (Å²) < 4.78 is 0. The zero-order valence-electron chi connectivity index (χ0n) is 9.64. The van der Waals surface area contributed by atoms with Crippen LogP contribution in [0.15, 0.2) is 53.6 Å². The molecule has 0 bridgehead atoms. The van der Waals surface area contributed by atoms with Crippen molar-refractivity contribution < 1.29 is 0 Å². The van der Waals surface area contributed by atoms with Gasteiger partial charge in [-0.05, 0) is 36.1 Å². The van der Waals surface area contributed by atoms with Crippen LogP contribution in [0.2, 0.25) is 0 Å². The molecule has 1 atom stereocenters. The van der Waals surface area contributed by atoms with E-state index in [1.54, 1.807) is 18.0 Å². The number of nitrogens with zero attached hydrogens (tertiary/aromatic N) is 1. The minimum Gasteiger partial charge on any atom is -0.261 e. The highest BCUT2D eigenvalue weighted by Gasteiger charge is 2.09. The van der Waals surface area contributed by atoms with Crippen LogP contribution >= 0.6 is 23.4 Å². The molecular weight excluding hydrogens is 250 g/mol. The normalized spacial score (nSPS) is 12.4. The summed E-state index contributed by atoms with van der Waals surface area (Å²) in [5.74, 6) is 0. The Labute approximate surface area is 111 Å². The molecule has 2 rings (SSSR count). The number of thioether (sulfide) groups is 1. The Kier molecular flexibility index (Phi) is 4.46. The molecule has 0 spiro atoms. The summed E-state index contributed by atoms with van der Waals surface area (Å²) in [7, 11) is 0. The van der Waals surface area contributed by atoms with Gasteiger partial charge in [-0.15, -0.1) is 23.4 Å². The Bertz CT molecular complexity index is 455. The fourth-order valence-electron chi connectivity index (χ4n) is 1.63. The first-order valence-corrected chi connectivity index (χ1v) is 7.13. The van der Waals surface area contributed by atoms with E-state index in [0.29, 0.717) is 0 Å². The minimum atomic E-state index is -0.0131. The van der Waals surface area contributed by atoms with Gasteiger partial charge in [-0.25, -0.2) is 0 Å². The Balaban J connectivity index is 2.06. The highest BCUT2D eigenvalue weighted by Crippen LogP contribution is 2.26. The second-order valence-electron chi connectivity index (χ2n) is 3.77. The van der Waals surface area contributed by atoms with Gasteiger partial charge in [-0.1, -0.05) is 18.2 Å². The maximum Gasteiger partial charge on any atom is 0.0640 e. The van der Waals surface area contributed by atoms with Gasteiger partial charge in [0.25, 0.3) is 0 Å². The second-order valence-corrected chi connectivity index (χ2v) is 5.17. The molecule has 1 nitrogen and oxygen atoms in total. The van der Waals surface area contributed by atoms with E-state index in [1.165, 1.54) is 4.90 Å². The van der Waals surface area contributed by atoms with Gasteiger partial charge in [0, 0.05) is 23.2 Å². The first-order chi connectivity index (χ1) is 8.29. The lowest BCUT2D eigenvalue weighted by Crippen LogP contribution is -1.97. The summed E-state index contributed by atoms with van der Waals surface area (Å²) in [5, 5.41) is -0.0131. The summed E-state index contributed by atoms with van der Waals surface area (Å²) in [4.78, 5) is 5.55. The third kappa shape index (κ3) is 3.48. The maximum absolute atomic E-state index is 6.39. The Morgan fingerprint density at radius 1 is 1.18 bits per heavy atom. The van der Waals surface area contributed by atoms with E-state index in [-0.39, 0.29) is 5.38 Å². The van der Waals surface area contributed by atoms with Crippen molar-refractivity contribution in [2.24, 2.45) is 0 Å². The van der Waals surface area contributed by atoms with Gasteiger partial charge in [-0.3, -0.25) is 4.98 Å². The number of pyridine rings is 1. The molecule has 88 valence electrons. The molecule has 3 heteroatoms. The van der Waals surface area contributed by atoms with Crippen molar-refractivity contribution >= 4 is 23.4 Å². The van der Waals surface area contributed by atoms with Gasteiger partial charge in [0.05, 0.1) is 5.38 Å². The summed E-state index contributed by atoms with van der Waals surface area (Å²) in [5.41, 5.74) is 2.18. The number of hydrogen-bond donors (Lipinski definition) is 0. The van der Waals surface area contributed by atoms with Crippen LogP contribution in [0, 0.1) is 0 Å². The molecule has 0 saturated carbocycles. The van der Waals surface area contributed by atoms with Gasteiger partial charge in [0.1, 0.15) is 0 Å². The number of aromatic nitrogens is 1. The highest BCUT2D eigenvalue weighted by atomic mass is 35.5. The molecule has 1 heterocycles. The first-order valence-electron chi connectivity index (χ1n) is 5.47. The van der Waals surface area contributed by atoms with Crippen LogP contribution in [-0.4, -0.2) is 11.2 Å². The van der Waals surface area contributed by atoms with Gasteiger partial charge in [0.2, 0.25) is 0 Å². The van der Waals surface area contributed by atoms with Gasteiger partial charge in [-0.2, -0.15) is 0 Å². The van der Waals surface area contributed by atoms with Crippen molar-refractivity contribution in [1.29, 1.82) is 0 Å². The molecule has 0 amide bonds. The number of hydrogen-bond acceptors (Lipinski definition) is 2. The van der Waals surface area contributed by atoms with Crippen LogP contribution in [0.4, 0.5) is 0 Å². The minimum absolute atomic E-state index is 0.0131. The van der Waals surface area contributed by atoms with Crippen LogP contribution in [0.5, 0.6) is 0 Å². The third-order valence-corrected chi connectivity index (χ3v) is 3.74. The molecule has 1 aromatic carbocycles. The van der Waals surface area contributed by atoms with Crippen molar-refractivity contribution in [3.05, 3.63) is 59.9 Å². The molecule has 0 aliphatic rings. The molecule has 0 aliphatic heterocycles. The van der Waals surface area contributed by atoms with Crippen molar-refractivity contribution in [1.82, 2.24) is 4.98 Å². The molecule has 0 N–H and O–H groups in total. The van der Waals surface area contributed by atoms with Crippen LogP contribution in [0.1, 0.15) is 16.6 Å². The van der Waals surface area contributed by atoms with E-state index in [1.807, 2.05) is 18.2 Å². The van der Waals surface area contributed by atoms with Crippen molar-refractivity contribution in [3.63, 3.8) is 0 Å². The lowest BCUT2D eigenvalue weighted by atomic mass is 10.1. The van der Waals surface area contributed by atoms with E-state index < -0.39 is 0 Å². The summed E-state index contributed by atoms with van der Waals surface area (Å²) in [6.45, 7) is 0. The standard InChI is InChI=1S/C14H14ClNS/c1-17-13-7-5-11(6-8-13)14(15)10-12-4-2-3-9-16-12/h2-9,14H,10H2,1H3. The van der Waals surface area contributed by atoms with Crippen LogP contribution < -0.4 is 0 Å². The lowest BCUT2D eigenvalue weighted by molar-refractivity contribution is 0.879. The van der Waals surface area contributed by atoms with Crippen molar-refractivity contribution in [3.8, 4) is 0 Å². The Hall–Kier alpha value is -0.990. The largest absolute Gasteiger partial charge is 0.261 e. The number of rotatable bonds is 4. The van der Waals surface area contributed by atoms with E-state index >= 15 is 0 Å². The number of halogens is 1. The average Bonchev–Trinajstić information content (AvgIpc) is 2.40. The zero-order valence-corrected chi connectivity index (χ0v) is 11.2. The van der Waals surface area contributed by atoms with E-state index in [9.17, 15) is 0 Å². The van der Waals surface area contributed by atoms with Crippen molar-refractivity contribution in [2.75, 3.05) is 6.26 Å². The van der Waals surface area contributed by atoms with Crippen LogP contribution in [0.3, 0.4) is 0 Å². The topological polar surface area (TPSA) is 12.9 Å². The van der Waals surface area contributed by atoms with Crippen LogP contribution in [0.25, 0.3) is 0 Å². The smallest absolute Gasteiger partial charge is 0.0640 e. The quantitative estimate of drug-likeness (QED) is 0.602. The SMILES string of the molecule is CSc1ccc(C(Cl)Cc2ccccn2)cc1. The maximum atomic E-state index is 6.39. The van der Waals surface area contributed by atoms with Gasteiger partial charge >= 0.3 is 0 Å². The number of alkyl halides is 1. The molecule has 0 fully saturated rings. The predicted molar refractivity (Wildman–Crippen MR) is 74.8 cm³/mol. The Morgan fingerprint density at radius 2 is 1.94 bits per heavy atom. The molecule has 0 radical (unpaired) electrons. The van der Waals surface area contributed by atoms with Gasteiger partial charge < -0.3 is 0 Å². The highest BCUT2D eigenvalue weighted by molar-refractivity contribution is 7.98. The van der Waals surface area contributed by atoms with Crippen LogP contribution in [-0.2, 0) is 6.42 Å². The zero-order chi connectivity index (χ0) is 12.1. The third-order valence-electron chi connectivity index (χ3n) is 2.59. The van der Waals surface area contributed by atoms with Gasteiger partial charge in [0.15, 0.2) is 0 Å². The second kappa shape index (κ2) is 6.08. The fourth-order valence-corrected chi connectivity index (χ4v) is 2.34. The monoisotopic (exact) mass is 263 g/mol. The molecule has 17 heavy (non-hydrogen) atoms. The molecule has 1 aromatic heterocycles. The average molecular weight is 264 g/mol. The molecule has 0 saturated heterocycles. The predicted octanol–water partition coefficient (Wildman–Crippen LogP) is 4.33. The Morgan fingerprint density at radius 3 is 2.53 bits per heavy atom. The van der Waals surface area contributed by atoms with E-state index in [0.717, 1.165) is 17.7 Å². The molecule has 2 aromatic rings.